The fraction of sp³-hybridized carbons (Fsp3) is 0.462. The molecule has 3 N–H and O–H groups in total. The molecule has 1 fully saturated rings. The van der Waals surface area contributed by atoms with Crippen molar-refractivity contribution < 1.29 is 24.3 Å². The molecule has 0 saturated heterocycles. The van der Waals surface area contributed by atoms with Crippen molar-refractivity contribution in [2.75, 3.05) is 5.32 Å². The quantitative estimate of drug-likeness (QED) is 0.579. The molecule has 2 atom stereocenters. The third-order valence-electron chi connectivity index (χ3n) is 4.06. The van der Waals surface area contributed by atoms with Gasteiger partial charge in [-0.25, -0.2) is 9.18 Å². The zero-order chi connectivity index (χ0) is 15.9. The molecule has 0 radical (unpaired) electrons. The van der Waals surface area contributed by atoms with E-state index in [9.17, 15) is 24.4 Å². The molecule has 1 aromatic carbocycles. The van der Waals surface area contributed by atoms with Gasteiger partial charge in [0.1, 0.15) is 17.1 Å². The van der Waals surface area contributed by atoms with Crippen molar-refractivity contribution in [2.45, 2.75) is 32.4 Å². The minimum absolute atomic E-state index is 0.0903. The first kappa shape index (κ1) is 15.2. The van der Waals surface area contributed by atoms with Crippen LogP contribution < -0.4 is 5.32 Å². The highest BCUT2D eigenvalue weighted by Gasteiger charge is 2.47. The van der Waals surface area contributed by atoms with E-state index in [-0.39, 0.29) is 11.7 Å². The second-order valence-electron chi connectivity index (χ2n) is 5.68. The molecule has 2 rings (SSSR count). The Balaban J connectivity index is 2.37. The summed E-state index contributed by atoms with van der Waals surface area (Å²) in [6, 6.07) is 1.24. The number of carbonyl (C=O) groups is 1. The minimum atomic E-state index is -1.57. The van der Waals surface area contributed by atoms with Crippen LogP contribution in [0.1, 0.15) is 30.6 Å². The number of benzene rings is 1. The summed E-state index contributed by atoms with van der Waals surface area (Å²) in [4.78, 5) is 21.1. The third kappa shape index (κ3) is 2.54. The van der Waals surface area contributed by atoms with Gasteiger partial charge >= 0.3 is 5.97 Å². The summed E-state index contributed by atoms with van der Waals surface area (Å²) in [6.07, 6.45) is -0.163. The van der Waals surface area contributed by atoms with E-state index in [0.717, 1.165) is 6.07 Å². The summed E-state index contributed by atoms with van der Waals surface area (Å²) >= 11 is 0. The molecule has 0 aromatic heterocycles. The van der Waals surface area contributed by atoms with Crippen LogP contribution in [0, 0.1) is 21.3 Å². The van der Waals surface area contributed by atoms with Gasteiger partial charge in [0.25, 0.3) is 5.69 Å². The Morgan fingerprint density at radius 3 is 2.57 bits per heavy atom. The number of aliphatic hydroxyl groups excluding tert-OH is 1. The van der Waals surface area contributed by atoms with E-state index in [1.54, 1.807) is 13.8 Å². The fourth-order valence-corrected chi connectivity index (χ4v) is 2.33. The van der Waals surface area contributed by atoms with E-state index in [4.69, 9.17) is 5.11 Å². The lowest BCUT2D eigenvalue weighted by molar-refractivity contribution is -0.384. The number of nitro groups is 1. The first-order valence-electron chi connectivity index (χ1n) is 6.30. The molecule has 0 amide bonds. The largest absolute Gasteiger partial charge is 0.478 e. The van der Waals surface area contributed by atoms with Gasteiger partial charge in [0.15, 0.2) is 0 Å². The summed E-state index contributed by atoms with van der Waals surface area (Å²) in [5.74, 6) is -2.62. The van der Waals surface area contributed by atoms with Gasteiger partial charge in [-0.05, 0) is 6.42 Å². The Kier molecular flexibility index (Phi) is 3.58. The summed E-state index contributed by atoms with van der Waals surface area (Å²) in [6.45, 7) is 3.57. The van der Waals surface area contributed by atoms with Crippen LogP contribution in [-0.2, 0) is 0 Å². The summed E-state index contributed by atoms with van der Waals surface area (Å²) < 4.78 is 13.7. The van der Waals surface area contributed by atoms with Crippen molar-refractivity contribution in [2.24, 2.45) is 5.41 Å². The van der Waals surface area contributed by atoms with Gasteiger partial charge in [0.05, 0.1) is 11.0 Å². The molecule has 1 aliphatic carbocycles. The Bertz CT molecular complexity index is 617. The topological polar surface area (TPSA) is 113 Å². The van der Waals surface area contributed by atoms with Crippen LogP contribution in [0.15, 0.2) is 12.1 Å². The lowest BCUT2D eigenvalue weighted by Gasteiger charge is -2.49. The molecule has 0 bridgehead atoms. The van der Waals surface area contributed by atoms with E-state index < -0.39 is 39.5 Å². The Morgan fingerprint density at radius 2 is 2.14 bits per heavy atom. The Hall–Kier alpha value is -2.22. The number of hydrogen-bond acceptors (Lipinski definition) is 5. The van der Waals surface area contributed by atoms with Gasteiger partial charge < -0.3 is 15.5 Å². The molecule has 1 aromatic rings. The van der Waals surface area contributed by atoms with Crippen LogP contribution in [0.3, 0.4) is 0 Å². The standard InChI is InChI=1S/C13H15FN2O5/c1-13(2)10(5-11(13)17)15-8-4-7(14)6(12(18)19)3-9(8)16(20)21/h3-4,10-11,15,17H,5H2,1-2H3,(H,18,19). The molecule has 7 nitrogen and oxygen atoms in total. The Morgan fingerprint density at radius 1 is 1.52 bits per heavy atom. The second kappa shape index (κ2) is 4.96. The molecular weight excluding hydrogens is 283 g/mol. The first-order chi connectivity index (χ1) is 9.64. The van der Waals surface area contributed by atoms with Crippen molar-refractivity contribution in [3.8, 4) is 0 Å². The monoisotopic (exact) mass is 298 g/mol. The van der Waals surface area contributed by atoms with Crippen molar-refractivity contribution >= 4 is 17.3 Å². The second-order valence-corrected chi connectivity index (χ2v) is 5.68. The van der Waals surface area contributed by atoms with Gasteiger partial charge in [-0.3, -0.25) is 10.1 Å². The van der Waals surface area contributed by atoms with E-state index in [0.29, 0.717) is 12.5 Å². The molecule has 2 unspecified atom stereocenters. The van der Waals surface area contributed by atoms with Crippen LogP contribution >= 0.6 is 0 Å². The summed E-state index contributed by atoms with van der Waals surface area (Å²) in [5, 5.41) is 32.3. The minimum Gasteiger partial charge on any atom is -0.478 e. The number of nitrogens with zero attached hydrogens (tertiary/aromatic N) is 1. The van der Waals surface area contributed by atoms with Crippen LogP contribution in [0.5, 0.6) is 0 Å². The van der Waals surface area contributed by atoms with E-state index in [1.165, 1.54) is 0 Å². The lowest BCUT2D eigenvalue weighted by Crippen LogP contribution is -2.56. The summed E-state index contributed by atoms with van der Waals surface area (Å²) in [7, 11) is 0. The molecule has 21 heavy (non-hydrogen) atoms. The van der Waals surface area contributed by atoms with Crippen LogP contribution in [0.4, 0.5) is 15.8 Å². The van der Waals surface area contributed by atoms with Crippen LogP contribution in [-0.4, -0.2) is 33.3 Å². The number of hydrogen-bond donors (Lipinski definition) is 3. The van der Waals surface area contributed by atoms with Crippen molar-refractivity contribution in [1.29, 1.82) is 0 Å². The number of rotatable bonds is 4. The number of carboxylic acid groups (broad SMARTS) is 1. The number of halogens is 1. The maximum absolute atomic E-state index is 13.7. The van der Waals surface area contributed by atoms with Crippen molar-refractivity contribution in [3.63, 3.8) is 0 Å². The van der Waals surface area contributed by atoms with Crippen molar-refractivity contribution in [1.82, 2.24) is 0 Å². The highest BCUT2D eigenvalue weighted by atomic mass is 19.1. The zero-order valence-electron chi connectivity index (χ0n) is 11.5. The molecule has 0 aliphatic heterocycles. The Labute approximate surface area is 119 Å². The van der Waals surface area contributed by atoms with E-state index in [2.05, 4.69) is 5.32 Å². The zero-order valence-corrected chi connectivity index (χ0v) is 11.5. The number of anilines is 1. The number of nitro benzene ring substituents is 1. The van der Waals surface area contributed by atoms with Crippen LogP contribution in [0.25, 0.3) is 0 Å². The highest BCUT2D eigenvalue weighted by molar-refractivity contribution is 5.90. The van der Waals surface area contributed by atoms with Crippen LogP contribution in [0.2, 0.25) is 0 Å². The maximum atomic E-state index is 13.7. The molecule has 8 heteroatoms. The average Bonchev–Trinajstić information content (AvgIpc) is 2.37. The lowest BCUT2D eigenvalue weighted by atomic mass is 9.64. The van der Waals surface area contributed by atoms with E-state index in [1.807, 2.05) is 0 Å². The molecule has 0 heterocycles. The third-order valence-corrected chi connectivity index (χ3v) is 4.06. The van der Waals surface area contributed by atoms with Gasteiger partial charge in [-0.1, -0.05) is 13.8 Å². The number of carboxylic acids is 1. The predicted molar refractivity (Wildman–Crippen MR) is 71.8 cm³/mol. The average molecular weight is 298 g/mol. The molecule has 114 valence electrons. The number of nitrogens with one attached hydrogen (secondary N) is 1. The van der Waals surface area contributed by atoms with Gasteiger partial charge in [-0.15, -0.1) is 0 Å². The molecule has 1 saturated carbocycles. The predicted octanol–water partition coefficient (Wildman–Crippen LogP) is 2.00. The number of aromatic carboxylic acids is 1. The molecular formula is C13H15FN2O5. The fourth-order valence-electron chi connectivity index (χ4n) is 2.33. The molecule has 0 spiro atoms. The maximum Gasteiger partial charge on any atom is 0.338 e. The van der Waals surface area contributed by atoms with E-state index >= 15 is 0 Å². The van der Waals surface area contributed by atoms with Gasteiger partial charge in [0, 0.05) is 23.6 Å². The molecule has 1 aliphatic rings. The van der Waals surface area contributed by atoms with Crippen molar-refractivity contribution in [3.05, 3.63) is 33.6 Å². The van der Waals surface area contributed by atoms with Gasteiger partial charge in [-0.2, -0.15) is 0 Å². The highest BCUT2D eigenvalue weighted by Crippen LogP contribution is 2.43. The SMILES string of the molecule is CC1(C)C(O)CC1Nc1cc(F)c(C(=O)O)cc1[N+](=O)[O-]. The first-order valence-corrected chi connectivity index (χ1v) is 6.30. The normalized spacial score (nSPS) is 23.2. The number of aliphatic hydroxyl groups is 1. The van der Waals surface area contributed by atoms with Gasteiger partial charge in [0.2, 0.25) is 0 Å². The smallest absolute Gasteiger partial charge is 0.338 e. The summed E-state index contributed by atoms with van der Waals surface area (Å²) in [5.41, 5.74) is -1.85.